The van der Waals surface area contributed by atoms with Crippen LogP contribution in [0.3, 0.4) is 0 Å². The molecule has 1 aliphatic heterocycles. The number of aromatic amines is 1. The third kappa shape index (κ3) is 3.45. The molecule has 5 nitrogen and oxygen atoms in total. The zero-order valence-electron chi connectivity index (χ0n) is 14.6. The van der Waals surface area contributed by atoms with E-state index in [1.807, 2.05) is 12.1 Å². The maximum Gasteiger partial charge on any atom is 0.291 e. The van der Waals surface area contributed by atoms with Crippen LogP contribution in [-0.2, 0) is 0 Å². The topological polar surface area (TPSA) is 75.0 Å². The van der Waals surface area contributed by atoms with E-state index in [-0.39, 0.29) is 5.56 Å². The molecule has 2 heterocycles. The molecule has 138 valence electrons. The Hall–Kier alpha value is -1.66. The van der Waals surface area contributed by atoms with Crippen molar-refractivity contribution in [3.8, 4) is 0 Å². The molecular weight excluding hydrogens is 368 g/mol. The van der Waals surface area contributed by atoms with Crippen molar-refractivity contribution in [3.63, 3.8) is 0 Å². The molecule has 2 aliphatic rings. The Balaban J connectivity index is 1.48. The zero-order chi connectivity index (χ0) is 18.1. The van der Waals surface area contributed by atoms with Crippen molar-refractivity contribution >= 4 is 34.9 Å². The van der Waals surface area contributed by atoms with Gasteiger partial charge in [0.1, 0.15) is 0 Å². The molecule has 0 atom stereocenters. The summed E-state index contributed by atoms with van der Waals surface area (Å²) >= 11 is 7.42. The van der Waals surface area contributed by atoms with E-state index in [4.69, 9.17) is 17.3 Å². The zero-order valence-corrected chi connectivity index (χ0v) is 16.2. The Morgan fingerprint density at radius 1 is 1.19 bits per heavy atom. The van der Waals surface area contributed by atoms with E-state index >= 15 is 0 Å². The highest BCUT2D eigenvalue weighted by Crippen LogP contribution is 2.46. The average molecular weight is 391 g/mol. The monoisotopic (exact) mass is 390 g/mol. The summed E-state index contributed by atoms with van der Waals surface area (Å²) < 4.78 is 0. The van der Waals surface area contributed by atoms with Crippen molar-refractivity contribution in [2.45, 2.75) is 48.4 Å². The van der Waals surface area contributed by atoms with Gasteiger partial charge in [-0.2, -0.15) is 0 Å². The van der Waals surface area contributed by atoms with Crippen LogP contribution in [-0.4, -0.2) is 23.1 Å². The fourth-order valence-electron chi connectivity index (χ4n) is 4.20. The van der Waals surface area contributed by atoms with E-state index < -0.39 is 0 Å². The summed E-state index contributed by atoms with van der Waals surface area (Å²) in [6.07, 6.45) is 9.46. The van der Waals surface area contributed by atoms with Gasteiger partial charge in [-0.3, -0.25) is 4.79 Å². The first-order valence-corrected chi connectivity index (χ1v) is 10.3. The Kier molecular flexibility index (Phi) is 4.88. The van der Waals surface area contributed by atoms with Crippen LogP contribution in [0.1, 0.15) is 38.5 Å². The van der Waals surface area contributed by atoms with Gasteiger partial charge in [-0.15, -0.1) is 0 Å². The molecule has 26 heavy (non-hydrogen) atoms. The van der Waals surface area contributed by atoms with E-state index in [0.717, 1.165) is 18.0 Å². The summed E-state index contributed by atoms with van der Waals surface area (Å²) in [5.74, 6) is 0.529. The van der Waals surface area contributed by atoms with Crippen LogP contribution in [0.25, 0.3) is 0 Å². The Labute approximate surface area is 162 Å². The van der Waals surface area contributed by atoms with Crippen molar-refractivity contribution in [1.29, 1.82) is 0 Å². The van der Waals surface area contributed by atoms with Gasteiger partial charge in [0.25, 0.3) is 5.56 Å². The molecule has 1 aromatic carbocycles. The quantitative estimate of drug-likeness (QED) is 0.763. The lowest BCUT2D eigenvalue weighted by Crippen LogP contribution is -2.41. The lowest BCUT2D eigenvalue weighted by Gasteiger charge is -2.39. The minimum Gasteiger partial charge on any atom is -0.397 e. The number of halogens is 1. The van der Waals surface area contributed by atoms with Crippen LogP contribution in [0.15, 0.2) is 39.1 Å². The molecule has 0 radical (unpaired) electrons. The molecule has 0 unspecified atom stereocenters. The smallest absolute Gasteiger partial charge is 0.291 e. The second-order valence-corrected chi connectivity index (χ2v) is 8.84. The van der Waals surface area contributed by atoms with Crippen LogP contribution in [0.5, 0.6) is 0 Å². The first-order valence-electron chi connectivity index (χ1n) is 9.12. The number of piperidine rings is 1. The molecule has 2 fully saturated rings. The highest BCUT2D eigenvalue weighted by molar-refractivity contribution is 7.99. The number of nitrogen functional groups attached to an aromatic ring is 1. The van der Waals surface area contributed by atoms with Gasteiger partial charge in [0.15, 0.2) is 5.82 Å². The first kappa shape index (κ1) is 17.7. The lowest BCUT2D eigenvalue weighted by atomic mass is 9.77. The molecular formula is C19H23ClN4OS. The number of anilines is 2. The van der Waals surface area contributed by atoms with Gasteiger partial charge in [-0.25, -0.2) is 4.98 Å². The first-order chi connectivity index (χ1) is 12.6. The minimum absolute atomic E-state index is 0.141. The summed E-state index contributed by atoms with van der Waals surface area (Å²) in [5.41, 5.74) is 6.90. The third-order valence-electron chi connectivity index (χ3n) is 5.76. The molecule has 1 spiro atoms. The summed E-state index contributed by atoms with van der Waals surface area (Å²) in [7, 11) is 0. The number of aromatic nitrogens is 2. The van der Waals surface area contributed by atoms with Gasteiger partial charge < -0.3 is 15.6 Å². The fourth-order valence-corrected chi connectivity index (χ4v) is 5.28. The number of hydrogen-bond donors (Lipinski definition) is 2. The molecule has 1 aromatic heterocycles. The molecule has 0 bridgehead atoms. The second-order valence-electron chi connectivity index (χ2n) is 7.35. The minimum atomic E-state index is -0.141. The number of nitrogens with zero attached hydrogens (tertiary/aromatic N) is 2. The van der Waals surface area contributed by atoms with Gasteiger partial charge in [0, 0.05) is 18.0 Å². The molecule has 7 heteroatoms. The number of benzene rings is 1. The second kappa shape index (κ2) is 7.16. The third-order valence-corrected chi connectivity index (χ3v) is 7.10. The van der Waals surface area contributed by atoms with E-state index in [1.165, 1.54) is 50.3 Å². The molecule has 2 aromatic rings. The average Bonchev–Trinajstić information content (AvgIpc) is 3.08. The predicted molar refractivity (Wildman–Crippen MR) is 107 cm³/mol. The van der Waals surface area contributed by atoms with Crippen molar-refractivity contribution in [1.82, 2.24) is 9.97 Å². The van der Waals surface area contributed by atoms with Crippen LogP contribution in [0.4, 0.5) is 11.5 Å². The Morgan fingerprint density at radius 3 is 2.62 bits per heavy atom. The molecule has 0 amide bonds. The standard InChI is InChI=1S/C19H23ClN4OS/c20-13-4-3-5-14(16(13)21)26-15-12-22-17(18(25)23-15)24-10-8-19(9-11-24)6-1-2-7-19/h3-5,12H,1-2,6-11,21H2,(H,23,25). The van der Waals surface area contributed by atoms with Crippen LogP contribution in [0.2, 0.25) is 5.02 Å². The fraction of sp³-hybridized carbons (Fsp3) is 0.474. The van der Waals surface area contributed by atoms with Crippen LogP contribution in [0, 0.1) is 5.41 Å². The van der Waals surface area contributed by atoms with E-state index in [0.29, 0.717) is 27.0 Å². The van der Waals surface area contributed by atoms with E-state index in [2.05, 4.69) is 14.9 Å². The number of hydrogen-bond acceptors (Lipinski definition) is 5. The van der Waals surface area contributed by atoms with Crippen molar-refractivity contribution in [2.75, 3.05) is 23.7 Å². The number of para-hydroxylation sites is 1. The normalized spacial score (nSPS) is 19.2. The van der Waals surface area contributed by atoms with Gasteiger partial charge in [-0.1, -0.05) is 42.3 Å². The maximum absolute atomic E-state index is 12.6. The summed E-state index contributed by atoms with van der Waals surface area (Å²) in [4.78, 5) is 22.9. The maximum atomic E-state index is 12.6. The van der Waals surface area contributed by atoms with Crippen molar-refractivity contribution in [2.24, 2.45) is 5.41 Å². The highest BCUT2D eigenvalue weighted by Gasteiger charge is 2.37. The Bertz CT molecular complexity index is 853. The number of nitrogens with one attached hydrogen (secondary N) is 1. The Morgan fingerprint density at radius 2 is 1.92 bits per heavy atom. The van der Waals surface area contributed by atoms with Crippen molar-refractivity contribution in [3.05, 3.63) is 39.8 Å². The largest absolute Gasteiger partial charge is 0.397 e. The lowest BCUT2D eigenvalue weighted by molar-refractivity contribution is 0.226. The van der Waals surface area contributed by atoms with Gasteiger partial charge in [-0.05, 0) is 43.2 Å². The van der Waals surface area contributed by atoms with Crippen molar-refractivity contribution < 1.29 is 0 Å². The van der Waals surface area contributed by atoms with Gasteiger partial charge in [0.05, 0.1) is 21.9 Å². The van der Waals surface area contributed by atoms with Gasteiger partial charge >= 0.3 is 0 Å². The summed E-state index contributed by atoms with van der Waals surface area (Å²) in [6.45, 7) is 1.84. The highest BCUT2D eigenvalue weighted by atomic mass is 35.5. The van der Waals surface area contributed by atoms with Gasteiger partial charge in [0.2, 0.25) is 0 Å². The molecule has 3 N–H and O–H groups in total. The van der Waals surface area contributed by atoms with Crippen LogP contribution >= 0.6 is 23.4 Å². The number of H-pyrrole nitrogens is 1. The summed E-state index contributed by atoms with van der Waals surface area (Å²) in [5, 5.41) is 1.17. The molecule has 4 rings (SSSR count). The SMILES string of the molecule is Nc1c(Cl)cccc1Sc1cnc(N2CCC3(CCCC3)CC2)c(=O)[nH]1. The number of nitrogens with two attached hydrogens (primary N) is 1. The molecule has 1 saturated heterocycles. The summed E-state index contributed by atoms with van der Waals surface area (Å²) in [6, 6.07) is 5.47. The van der Waals surface area contributed by atoms with Crippen LogP contribution < -0.4 is 16.2 Å². The number of rotatable bonds is 3. The predicted octanol–water partition coefficient (Wildman–Crippen LogP) is 4.32. The molecule has 1 aliphatic carbocycles. The van der Waals surface area contributed by atoms with E-state index in [9.17, 15) is 4.79 Å². The van der Waals surface area contributed by atoms with E-state index in [1.54, 1.807) is 12.3 Å². The molecule has 1 saturated carbocycles.